The van der Waals surface area contributed by atoms with Gasteiger partial charge in [0.2, 0.25) is 0 Å². The van der Waals surface area contributed by atoms with Crippen LogP contribution in [-0.2, 0) is 9.53 Å². The average molecular weight is 260 g/mol. The molecule has 18 heavy (non-hydrogen) atoms. The topological polar surface area (TPSA) is 43.4 Å². The van der Waals surface area contributed by atoms with E-state index in [1.165, 1.54) is 0 Å². The lowest BCUT2D eigenvalue weighted by molar-refractivity contribution is -0.141. The van der Waals surface area contributed by atoms with Gasteiger partial charge in [-0.05, 0) is 19.9 Å². The zero-order chi connectivity index (χ0) is 13.9. The molecule has 0 saturated carbocycles. The zero-order valence-corrected chi connectivity index (χ0v) is 9.85. The van der Waals surface area contributed by atoms with Crippen LogP contribution in [0.5, 0.6) is 0 Å². The van der Waals surface area contributed by atoms with E-state index >= 15 is 0 Å². The summed E-state index contributed by atoms with van der Waals surface area (Å²) in [5, 5.41) is 0. The number of Topliss-reactive ketones (excluding diaryl/α,β-unsaturated/α-hetero) is 1. The lowest BCUT2D eigenvalue weighted by Crippen LogP contribution is -2.14. The zero-order valence-electron chi connectivity index (χ0n) is 9.85. The largest absolute Gasteiger partial charge is 0.466 e. The summed E-state index contributed by atoms with van der Waals surface area (Å²) < 4.78 is 44.1. The fraction of sp³-hybridized carbons (Fsp3) is 0.333. The molecule has 1 aromatic carbocycles. The molecule has 98 valence electrons. The third kappa shape index (κ3) is 2.88. The van der Waals surface area contributed by atoms with E-state index in [0.29, 0.717) is 6.07 Å². The first kappa shape index (κ1) is 14.2. The highest BCUT2D eigenvalue weighted by atomic mass is 19.2. The lowest BCUT2D eigenvalue weighted by atomic mass is 10.0. The van der Waals surface area contributed by atoms with Crippen molar-refractivity contribution in [3.8, 4) is 0 Å². The van der Waals surface area contributed by atoms with Gasteiger partial charge in [-0.15, -0.1) is 0 Å². The number of hydrogen-bond acceptors (Lipinski definition) is 3. The van der Waals surface area contributed by atoms with Gasteiger partial charge in [-0.25, -0.2) is 13.2 Å². The normalized spacial score (nSPS) is 10.3. The Labute approximate surface area is 102 Å². The minimum Gasteiger partial charge on any atom is -0.466 e. The predicted molar refractivity (Wildman–Crippen MR) is 56.6 cm³/mol. The maximum atomic E-state index is 13.5. The standard InChI is InChI=1S/C12H11F3O3/c1-3-18-10(17)5-9(16)7-4-8(13)12(15)6(2)11(7)14/h4H,3,5H2,1-2H3. The van der Waals surface area contributed by atoms with Gasteiger partial charge in [-0.3, -0.25) is 9.59 Å². The van der Waals surface area contributed by atoms with Crippen LogP contribution in [0.15, 0.2) is 6.07 Å². The molecule has 3 nitrogen and oxygen atoms in total. The summed E-state index contributed by atoms with van der Waals surface area (Å²) in [6.07, 6.45) is -0.713. The SMILES string of the molecule is CCOC(=O)CC(=O)c1cc(F)c(F)c(C)c1F. The number of benzene rings is 1. The van der Waals surface area contributed by atoms with Gasteiger partial charge in [0.25, 0.3) is 0 Å². The Morgan fingerprint density at radius 2 is 1.83 bits per heavy atom. The molecule has 0 saturated heterocycles. The summed E-state index contributed by atoms with van der Waals surface area (Å²) in [7, 11) is 0. The second-order valence-electron chi connectivity index (χ2n) is 3.56. The van der Waals surface area contributed by atoms with Gasteiger partial charge >= 0.3 is 5.97 Å². The Morgan fingerprint density at radius 1 is 1.22 bits per heavy atom. The third-order valence-electron chi connectivity index (χ3n) is 2.29. The van der Waals surface area contributed by atoms with Crippen LogP contribution >= 0.6 is 0 Å². The van der Waals surface area contributed by atoms with Crippen LogP contribution in [0.1, 0.15) is 29.3 Å². The first-order valence-electron chi connectivity index (χ1n) is 5.21. The van der Waals surface area contributed by atoms with Gasteiger partial charge in [0.15, 0.2) is 17.4 Å². The molecular weight excluding hydrogens is 249 g/mol. The van der Waals surface area contributed by atoms with Crippen molar-refractivity contribution in [3.63, 3.8) is 0 Å². The molecule has 0 aliphatic heterocycles. The molecular formula is C12H11F3O3. The molecule has 0 heterocycles. The lowest BCUT2D eigenvalue weighted by Gasteiger charge is -2.06. The van der Waals surface area contributed by atoms with Crippen LogP contribution in [0.4, 0.5) is 13.2 Å². The first-order chi connectivity index (χ1) is 8.38. The number of rotatable bonds is 4. The summed E-state index contributed by atoms with van der Waals surface area (Å²) in [5.41, 5.74) is -1.25. The van der Waals surface area contributed by atoms with E-state index in [2.05, 4.69) is 4.74 Å². The number of hydrogen-bond donors (Lipinski definition) is 0. The maximum absolute atomic E-state index is 13.5. The Bertz CT molecular complexity index is 498. The number of carbonyl (C=O) groups is 2. The van der Waals surface area contributed by atoms with Gasteiger partial charge in [0.05, 0.1) is 12.2 Å². The molecule has 0 aliphatic rings. The van der Waals surface area contributed by atoms with E-state index in [0.717, 1.165) is 6.92 Å². The quantitative estimate of drug-likeness (QED) is 0.361. The van der Waals surface area contributed by atoms with Crippen LogP contribution in [0.2, 0.25) is 0 Å². The molecule has 0 unspecified atom stereocenters. The monoisotopic (exact) mass is 260 g/mol. The molecule has 0 bridgehead atoms. The second-order valence-corrected chi connectivity index (χ2v) is 3.56. The second kappa shape index (κ2) is 5.66. The van der Waals surface area contributed by atoms with Crippen LogP contribution in [0.3, 0.4) is 0 Å². The van der Waals surface area contributed by atoms with Gasteiger partial charge in [-0.2, -0.15) is 0 Å². The van der Waals surface area contributed by atoms with Crippen molar-refractivity contribution in [2.75, 3.05) is 6.61 Å². The van der Waals surface area contributed by atoms with Crippen molar-refractivity contribution in [1.82, 2.24) is 0 Å². The van der Waals surface area contributed by atoms with E-state index in [1.54, 1.807) is 6.92 Å². The van der Waals surface area contributed by atoms with Crippen LogP contribution in [0.25, 0.3) is 0 Å². The molecule has 0 N–H and O–H groups in total. The molecule has 1 aromatic rings. The Balaban J connectivity index is 3.04. The minimum atomic E-state index is -1.35. The molecule has 1 rings (SSSR count). The van der Waals surface area contributed by atoms with E-state index in [1.807, 2.05) is 0 Å². The smallest absolute Gasteiger partial charge is 0.313 e. The highest BCUT2D eigenvalue weighted by molar-refractivity contribution is 6.06. The number of ketones is 1. The first-order valence-corrected chi connectivity index (χ1v) is 5.21. The van der Waals surface area contributed by atoms with Crippen molar-refractivity contribution in [2.24, 2.45) is 0 Å². The van der Waals surface area contributed by atoms with Crippen molar-refractivity contribution in [2.45, 2.75) is 20.3 Å². The fourth-order valence-electron chi connectivity index (χ4n) is 1.37. The number of esters is 1. The van der Waals surface area contributed by atoms with Crippen molar-refractivity contribution >= 4 is 11.8 Å². The van der Waals surface area contributed by atoms with Crippen LogP contribution < -0.4 is 0 Å². The van der Waals surface area contributed by atoms with Gasteiger partial charge < -0.3 is 4.74 Å². The van der Waals surface area contributed by atoms with E-state index in [4.69, 9.17) is 0 Å². The summed E-state index contributed by atoms with van der Waals surface area (Å²) in [6.45, 7) is 2.63. The molecule has 0 atom stereocenters. The van der Waals surface area contributed by atoms with E-state index in [9.17, 15) is 22.8 Å². The molecule has 0 aromatic heterocycles. The third-order valence-corrected chi connectivity index (χ3v) is 2.29. The Kier molecular flexibility index (Phi) is 4.47. The van der Waals surface area contributed by atoms with Crippen molar-refractivity contribution in [1.29, 1.82) is 0 Å². The van der Waals surface area contributed by atoms with Gasteiger partial charge in [-0.1, -0.05) is 0 Å². The molecule has 6 heteroatoms. The Morgan fingerprint density at radius 3 is 2.39 bits per heavy atom. The summed E-state index contributed by atoms with van der Waals surface area (Å²) in [6, 6.07) is 0.444. The predicted octanol–water partition coefficient (Wildman–Crippen LogP) is 2.55. The highest BCUT2D eigenvalue weighted by Gasteiger charge is 2.22. The Hall–Kier alpha value is -1.85. The summed E-state index contributed by atoms with van der Waals surface area (Å²) >= 11 is 0. The summed E-state index contributed by atoms with van der Waals surface area (Å²) in [4.78, 5) is 22.6. The van der Waals surface area contributed by atoms with Crippen molar-refractivity contribution < 1.29 is 27.5 Å². The number of halogens is 3. The average Bonchev–Trinajstić information content (AvgIpc) is 2.31. The van der Waals surface area contributed by atoms with Gasteiger partial charge in [0.1, 0.15) is 12.2 Å². The maximum Gasteiger partial charge on any atom is 0.313 e. The fourth-order valence-corrected chi connectivity index (χ4v) is 1.37. The van der Waals surface area contributed by atoms with Crippen molar-refractivity contribution in [3.05, 3.63) is 34.6 Å². The van der Waals surface area contributed by atoms with Crippen LogP contribution in [0, 0.1) is 24.4 Å². The van der Waals surface area contributed by atoms with Gasteiger partial charge in [0, 0.05) is 5.56 Å². The van der Waals surface area contributed by atoms with E-state index in [-0.39, 0.29) is 6.61 Å². The molecule has 0 amide bonds. The van der Waals surface area contributed by atoms with E-state index < -0.39 is 46.8 Å². The molecule has 0 aliphatic carbocycles. The summed E-state index contributed by atoms with van der Waals surface area (Å²) in [5.74, 6) is -5.64. The number of carbonyl (C=O) groups excluding carboxylic acids is 2. The highest BCUT2D eigenvalue weighted by Crippen LogP contribution is 2.20. The number of ether oxygens (including phenoxy) is 1. The molecule has 0 fully saturated rings. The van der Waals surface area contributed by atoms with Crippen LogP contribution in [-0.4, -0.2) is 18.4 Å². The molecule has 0 spiro atoms. The molecule has 0 radical (unpaired) electrons. The minimum absolute atomic E-state index is 0.0748.